The van der Waals surface area contributed by atoms with Gasteiger partial charge in [-0.2, -0.15) is 14.8 Å². The second kappa shape index (κ2) is 12.9. The van der Waals surface area contributed by atoms with Gasteiger partial charge in [-0.3, -0.25) is 9.48 Å². The van der Waals surface area contributed by atoms with Gasteiger partial charge in [0.15, 0.2) is 11.2 Å². The van der Waals surface area contributed by atoms with Crippen molar-refractivity contribution in [3.05, 3.63) is 42.9 Å². The summed E-state index contributed by atoms with van der Waals surface area (Å²) in [4.78, 5) is 31.9. The molecular weight excluding hydrogens is 518 g/mol. The average Bonchev–Trinajstić information content (AvgIpc) is 3.56. The average molecular weight is 552 g/mol. The van der Waals surface area contributed by atoms with Gasteiger partial charge in [0.05, 0.1) is 45.3 Å². The number of aromatic nitrogens is 7. The Morgan fingerprint density at radius 3 is 2.62 bits per heavy atom. The Morgan fingerprint density at radius 1 is 1.07 bits per heavy atom. The third kappa shape index (κ3) is 8.12. The Morgan fingerprint density at radius 2 is 1.88 bits per heavy atom. The van der Waals surface area contributed by atoms with Crippen LogP contribution in [0.25, 0.3) is 16.9 Å². The van der Waals surface area contributed by atoms with Gasteiger partial charge >= 0.3 is 12.1 Å². The van der Waals surface area contributed by atoms with Gasteiger partial charge in [-0.05, 0) is 57.9 Å². The Kier molecular flexibility index (Phi) is 9.09. The molecule has 0 aliphatic heterocycles. The number of nitrogens with one attached hydrogen (secondary N) is 2. The lowest BCUT2D eigenvalue weighted by atomic mass is 10.2. The lowest BCUT2D eigenvalue weighted by molar-refractivity contribution is -0.140. The smallest absolute Gasteiger partial charge is 0.407 e. The first kappa shape index (κ1) is 28.3. The first-order chi connectivity index (χ1) is 19.2. The minimum absolute atomic E-state index is 0.211. The number of unbranched alkanes of at least 4 members (excludes halogenated alkanes) is 1. The predicted molar refractivity (Wildman–Crippen MR) is 146 cm³/mol. The molecule has 14 nitrogen and oxygen atoms in total. The summed E-state index contributed by atoms with van der Waals surface area (Å²) in [5, 5.41) is 18.5. The number of esters is 1. The highest BCUT2D eigenvalue weighted by Gasteiger charge is 2.15. The van der Waals surface area contributed by atoms with Crippen LogP contribution in [0.3, 0.4) is 0 Å². The highest BCUT2D eigenvalue weighted by Crippen LogP contribution is 2.20. The van der Waals surface area contributed by atoms with Crippen LogP contribution >= 0.6 is 0 Å². The number of carbonyl (C=O) groups is 2. The maximum atomic E-state index is 11.7. The van der Waals surface area contributed by atoms with Crippen molar-refractivity contribution in [2.75, 3.05) is 25.6 Å². The summed E-state index contributed by atoms with van der Waals surface area (Å²) in [5.74, 6) is 0.796. The van der Waals surface area contributed by atoms with E-state index in [1.54, 1.807) is 28.0 Å². The molecule has 1 aromatic carbocycles. The van der Waals surface area contributed by atoms with Crippen LogP contribution in [0.2, 0.25) is 0 Å². The zero-order valence-corrected chi connectivity index (χ0v) is 23.0. The first-order valence-corrected chi connectivity index (χ1v) is 12.8. The van der Waals surface area contributed by atoms with E-state index in [-0.39, 0.29) is 12.4 Å². The fraction of sp³-hybridized carbons (Fsp3) is 0.423. The molecule has 1 amide bonds. The molecule has 0 aliphatic carbocycles. The van der Waals surface area contributed by atoms with E-state index in [1.807, 2.05) is 45.0 Å². The monoisotopic (exact) mass is 551 g/mol. The van der Waals surface area contributed by atoms with Gasteiger partial charge in [-0.15, -0.1) is 5.10 Å². The third-order valence-corrected chi connectivity index (χ3v) is 5.45. The molecule has 4 rings (SSSR count). The van der Waals surface area contributed by atoms with Gasteiger partial charge in [0.25, 0.3) is 0 Å². The van der Waals surface area contributed by atoms with E-state index in [0.29, 0.717) is 42.5 Å². The van der Waals surface area contributed by atoms with Crippen LogP contribution < -0.4 is 15.4 Å². The van der Waals surface area contributed by atoms with Crippen molar-refractivity contribution in [2.24, 2.45) is 0 Å². The van der Waals surface area contributed by atoms with Gasteiger partial charge in [0, 0.05) is 12.2 Å². The molecule has 3 aromatic heterocycles. The number of hydrogen-bond acceptors (Lipinski definition) is 11. The molecule has 0 spiro atoms. The van der Waals surface area contributed by atoms with Crippen LogP contribution in [0.5, 0.6) is 5.75 Å². The van der Waals surface area contributed by atoms with Crippen molar-refractivity contribution < 1.29 is 23.8 Å². The van der Waals surface area contributed by atoms with Crippen molar-refractivity contribution in [3.8, 4) is 11.4 Å². The third-order valence-electron chi connectivity index (χ3n) is 5.45. The molecule has 0 radical (unpaired) electrons. The van der Waals surface area contributed by atoms with Crippen molar-refractivity contribution in [1.29, 1.82) is 0 Å². The number of benzene rings is 1. The molecule has 3 heterocycles. The molecule has 0 aliphatic rings. The first-order valence-electron chi connectivity index (χ1n) is 12.8. The van der Waals surface area contributed by atoms with E-state index >= 15 is 0 Å². The van der Waals surface area contributed by atoms with Crippen LogP contribution in [-0.2, 0) is 20.8 Å². The summed E-state index contributed by atoms with van der Waals surface area (Å²) in [5.41, 5.74) is 1.96. The normalized spacial score (nSPS) is 11.3. The minimum atomic E-state index is -0.507. The zero-order chi connectivity index (χ0) is 28.5. The van der Waals surface area contributed by atoms with Crippen LogP contribution in [0.15, 0.2) is 42.9 Å². The number of rotatable bonds is 12. The second-order valence-corrected chi connectivity index (χ2v) is 9.83. The van der Waals surface area contributed by atoms with E-state index in [2.05, 4.69) is 40.7 Å². The maximum Gasteiger partial charge on any atom is 0.407 e. The van der Waals surface area contributed by atoms with Crippen molar-refractivity contribution in [2.45, 2.75) is 52.2 Å². The molecule has 4 aromatic rings. The number of methoxy groups -OCH3 is 1. The Balaban J connectivity index is 1.27. The number of alkyl carbamates (subject to hydrolysis) is 1. The maximum absolute atomic E-state index is 11.7. The van der Waals surface area contributed by atoms with Crippen LogP contribution in [-0.4, -0.2) is 72.7 Å². The lowest BCUT2D eigenvalue weighted by Crippen LogP contribution is -2.33. The van der Waals surface area contributed by atoms with Gasteiger partial charge in [0.1, 0.15) is 17.0 Å². The van der Waals surface area contributed by atoms with Gasteiger partial charge < -0.3 is 24.8 Å². The summed E-state index contributed by atoms with van der Waals surface area (Å²) in [6.07, 6.45) is 6.32. The van der Waals surface area contributed by atoms with Gasteiger partial charge in [-0.1, -0.05) is 5.21 Å². The van der Waals surface area contributed by atoms with Crippen molar-refractivity contribution >= 4 is 34.9 Å². The molecular formula is C26H33N9O5. The molecule has 14 heteroatoms. The second-order valence-electron chi connectivity index (χ2n) is 9.83. The SMILES string of the molecule is COC(=O)CCn1cc(-n2nnc3cnc(Nc4ccc(OCCCCNC(=O)OC(C)(C)C)cc4)nc32)cn1. The molecule has 0 unspecified atom stereocenters. The number of hydrogen-bond donors (Lipinski definition) is 2. The minimum Gasteiger partial charge on any atom is -0.494 e. The van der Waals surface area contributed by atoms with E-state index in [0.717, 1.165) is 24.3 Å². The van der Waals surface area contributed by atoms with E-state index in [4.69, 9.17) is 9.47 Å². The molecule has 40 heavy (non-hydrogen) atoms. The molecule has 0 atom stereocenters. The zero-order valence-electron chi connectivity index (χ0n) is 23.0. The van der Waals surface area contributed by atoms with E-state index in [9.17, 15) is 9.59 Å². The highest BCUT2D eigenvalue weighted by atomic mass is 16.6. The molecule has 0 saturated heterocycles. The Labute approximate surface area is 231 Å². The topological polar surface area (TPSA) is 160 Å². The quantitative estimate of drug-likeness (QED) is 0.196. The number of amides is 1. The van der Waals surface area contributed by atoms with Crippen LogP contribution in [0, 0.1) is 0 Å². The van der Waals surface area contributed by atoms with E-state index < -0.39 is 11.7 Å². The van der Waals surface area contributed by atoms with Crippen LogP contribution in [0.1, 0.15) is 40.0 Å². The lowest BCUT2D eigenvalue weighted by Gasteiger charge is -2.19. The van der Waals surface area contributed by atoms with Crippen molar-refractivity contribution in [3.63, 3.8) is 0 Å². The number of aryl methyl sites for hydroxylation is 1. The molecule has 0 bridgehead atoms. The number of carbonyl (C=O) groups excluding carboxylic acids is 2. The largest absolute Gasteiger partial charge is 0.494 e. The fourth-order valence-corrected chi connectivity index (χ4v) is 3.54. The molecule has 0 saturated carbocycles. The number of anilines is 2. The highest BCUT2D eigenvalue weighted by molar-refractivity contribution is 5.73. The van der Waals surface area contributed by atoms with Crippen molar-refractivity contribution in [1.82, 2.24) is 40.1 Å². The fourth-order valence-electron chi connectivity index (χ4n) is 3.54. The van der Waals surface area contributed by atoms with E-state index in [1.165, 1.54) is 7.11 Å². The summed E-state index contributed by atoms with van der Waals surface area (Å²) in [6.45, 7) is 6.92. The van der Waals surface area contributed by atoms with Crippen LogP contribution in [0.4, 0.5) is 16.4 Å². The Bertz CT molecular complexity index is 1430. The standard InChI is InChI=1S/C26H33N9O5/c1-26(2,3)40-25(37)27-12-5-6-14-39-20-9-7-18(8-10-20)30-24-28-16-21-23(31-24)35(33-32-21)19-15-29-34(17-19)13-11-22(36)38-4/h7-10,15-17H,5-6,11-14H2,1-4H3,(H,27,37)(H,28,30,31). The summed E-state index contributed by atoms with van der Waals surface area (Å²) < 4.78 is 18.9. The summed E-state index contributed by atoms with van der Waals surface area (Å²) >= 11 is 0. The molecule has 0 fully saturated rings. The number of ether oxygens (including phenoxy) is 3. The molecule has 212 valence electrons. The van der Waals surface area contributed by atoms with Gasteiger partial charge in [-0.25, -0.2) is 9.78 Å². The predicted octanol–water partition coefficient (Wildman–Crippen LogP) is 3.40. The summed E-state index contributed by atoms with van der Waals surface area (Å²) in [6, 6.07) is 7.45. The molecule has 2 N–H and O–H groups in total. The van der Waals surface area contributed by atoms with Gasteiger partial charge in [0.2, 0.25) is 5.95 Å². The number of nitrogens with zero attached hydrogens (tertiary/aromatic N) is 7. The Hall–Kier alpha value is -4.75. The number of fused-ring (bicyclic) bond motifs is 1. The summed E-state index contributed by atoms with van der Waals surface area (Å²) in [7, 11) is 1.35.